The van der Waals surface area contributed by atoms with Crippen molar-refractivity contribution in [2.45, 2.75) is 257 Å². The molecule has 0 N–H and O–H groups in total. The van der Waals surface area contributed by atoms with E-state index < -0.39 is 0 Å². The topological polar surface area (TPSA) is 26.3 Å². The Bertz CT molecular complexity index is 766. The SMILES string of the molecule is C=CCCCCCCCCCCCCCCCCCCCC/C=C1/OC(=O)C1CCCCCCCCCCCCCCCCCCCCC=C. The third-order valence-electron chi connectivity index (χ3n) is 11.2. The summed E-state index contributed by atoms with van der Waals surface area (Å²) >= 11 is 0. The van der Waals surface area contributed by atoms with Crippen LogP contribution in [0.1, 0.15) is 257 Å². The first-order valence-electron chi connectivity index (χ1n) is 22.9. The summed E-state index contributed by atoms with van der Waals surface area (Å²) in [6, 6.07) is 0. The molecule has 1 fully saturated rings. The summed E-state index contributed by atoms with van der Waals surface area (Å²) in [7, 11) is 0. The van der Waals surface area contributed by atoms with Gasteiger partial charge in [-0.2, -0.15) is 0 Å². The van der Waals surface area contributed by atoms with Gasteiger partial charge < -0.3 is 4.74 Å². The largest absolute Gasteiger partial charge is 0.430 e. The Labute approximate surface area is 314 Å². The number of rotatable bonds is 42. The summed E-state index contributed by atoms with van der Waals surface area (Å²) in [5.41, 5.74) is 0. The second-order valence-corrected chi connectivity index (χ2v) is 16.0. The Hall–Kier alpha value is -1.31. The quantitative estimate of drug-likeness (QED) is 0.0361. The Morgan fingerprint density at radius 2 is 0.600 bits per heavy atom. The van der Waals surface area contributed by atoms with Gasteiger partial charge in [-0.25, -0.2) is 0 Å². The highest BCUT2D eigenvalue weighted by atomic mass is 16.6. The summed E-state index contributed by atoms with van der Waals surface area (Å²) in [6.45, 7) is 7.61. The lowest BCUT2D eigenvalue weighted by Gasteiger charge is -2.28. The minimum Gasteiger partial charge on any atom is -0.430 e. The zero-order valence-corrected chi connectivity index (χ0v) is 33.8. The molecule has 1 heterocycles. The molecule has 1 unspecified atom stereocenters. The summed E-state index contributed by atoms with van der Waals surface area (Å²) in [6.07, 6.45) is 61.0. The third kappa shape index (κ3) is 31.4. The molecular weight excluding hydrogens is 609 g/mol. The Balaban J connectivity index is 1.78. The van der Waals surface area contributed by atoms with Gasteiger partial charge in [0.1, 0.15) is 11.7 Å². The number of ether oxygens (including phenoxy) is 1. The summed E-state index contributed by atoms with van der Waals surface area (Å²) < 4.78 is 5.41. The monoisotopic (exact) mass is 697 g/mol. The number of hydrogen-bond donors (Lipinski definition) is 0. The van der Waals surface area contributed by atoms with Crippen LogP contribution in [0.25, 0.3) is 0 Å². The van der Waals surface area contributed by atoms with E-state index in [4.69, 9.17) is 4.74 Å². The smallest absolute Gasteiger partial charge is 0.321 e. The average Bonchev–Trinajstić information content (AvgIpc) is 3.12. The van der Waals surface area contributed by atoms with Gasteiger partial charge >= 0.3 is 5.97 Å². The number of unbranched alkanes of at least 4 members (excludes halogenated alkanes) is 37. The number of esters is 1. The Morgan fingerprint density at radius 3 is 0.860 bits per heavy atom. The molecule has 1 aliphatic rings. The highest BCUT2D eigenvalue weighted by molar-refractivity contribution is 5.82. The molecule has 0 aromatic carbocycles. The van der Waals surface area contributed by atoms with Gasteiger partial charge in [0.05, 0.1) is 0 Å². The highest BCUT2D eigenvalue weighted by Gasteiger charge is 2.36. The Kier molecular flexibility index (Phi) is 36.4. The fourth-order valence-corrected chi connectivity index (χ4v) is 7.73. The molecule has 0 spiro atoms. The molecular formula is C48H88O2. The average molecular weight is 697 g/mol. The standard InChI is InChI=1S/C48H88O2/c1-3-5-7-9-11-13-15-17-19-21-23-25-27-29-31-33-35-37-39-41-43-45-47-46(48(49)50-47)44-42-40-38-36-34-32-30-28-26-24-22-20-18-16-14-12-10-8-6-4-2/h3-4,45-46H,1-2,5-44H2/b47-45+. The van der Waals surface area contributed by atoms with Crippen LogP contribution in [-0.2, 0) is 9.53 Å². The van der Waals surface area contributed by atoms with Crippen LogP contribution in [0, 0.1) is 5.92 Å². The first-order chi connectivity index (χ1) is 24.8. The third-order valence-corrected chi connectivity index (χ3v) is 11.2. The van der Waals surface area contributed by atoms with Gasteiger partial charge in [-0.3, -0.25) is 4.79 Å². The van der Waals surface area contributed by atoms with Crippen LogP contribution < -0.4 is 0 Å². The molecule has 1 atom stereocenters. The van der Waals surface area contributed by atoms with Crippen molar-refractivity contribution < 1.29 is 9.53 Å². The molecule has 0 amide bonds. The van der Waals surface area contributed by atoms with E-state index in [1.165, 1.54) is 244 Å². The van der Waals surface area contributed by atoms with E-state index in [0.717, 1.165) is 18.6 Å². The van der Waals surface area contributed by atoms with E-state index in [-0.39, 0.29) is 11.9 Å². The molecule has 0 radical (unpaired) electrons. The molecule has 1 rings (SSSR count). The number of carbonyl (C=O) groups excluding carboxylic acids is 1. The predicted octanol–water partition coefficient (Wildman–Crippen LogP) is 17.0. The van der Waals surface area contributed by atoms with E-state index in [0.29, 0.717) is 0 Å². The van der Waals surface area contributed by atoms with Gasteiger partial charge in [0, 0.05) is 0 Å². The van der Waals surface area contributed by atoms with Gasteiger partial charge in [-0.05, 0) is 51.0 Å². The van der Waals surface area contributed by atoms with Crippen molar-refractivity contribution in [3.8, 4) is 0 Å². The summed E-state index contributed by atoms with van der Waals surface area (Å²) in [5.74, 6) is 1.08. The fraction of sp³-hybridized carbons (Fsp3) is 0.854. The minimum absolute atomic E-state index is 0.0206. The zero-order valence-electron chi connectivity index (χ0n) is 33.8. The molecule has 50 heavy (non-hydrogen) atoms. The van der Waals surface area contributed by atoms with Crippen molar-refractivity contribution in [3.63, 3.8) is 0 Å². The molecule has 1 aliphatic heterocycles. The normalized spacial score (nSPS) is 15.0. The Morgan fingerprint density at radius 1 is 0.360 bits per heavy atom. The molecule has 0 saturated carbocycles. The van der Waals surface area contributed by atoms with Crippen LogP contribution in [0.2, 0.25) is 0 Å². The van der Waals surface area contributed by atoms with Crippen LogP contribution >= 0.6 is 0 Å². The van der Waals surface area contributed by atoms with Gasteiger partial charge in [0.25, 0.3) is 0 Å². The van der Waals surface area contributed by atoms with Crippen molar-refractivity contribution in [1.82, 2.24) is 0 Å². The van der Waals surface area contributed by atoms with Crippen LogP contribution in [0.15, 0.2) is 37.1 Å². The maximum atomic E-state index is 12.0. The number of allylic oxidation sites excluding steroid dienone is 3. The van der Waals surface area contributed by atoms with Crippen molar-refractivity contribution in [1.29, 1.82) is 0 Å². The number of hydrogen-bond acceptors (Lipinski definition) is 2. The molecule has 0 bridgehead atoms. The molecule has 0 aromatic heterocycles. The van der Waals surface area contributed by atoms with Crippen LogP contribution in [0.5, 0.6) is 0 Å². The first kappa shape index (κ1) is 46.7. The predicted molar refractivity (Wildman–Crippen MR) is 223 cm³/mol. The van der Waals surface area contributed by atoms with Crippen LogP contribution in [-0.4, -0.2) is 5.97 Å². The fourth-order valence-electron chi connectivity index (χ4n) is 7.73. The molecule has 1 saturated heterocycles. The lowest BCUT2D eigenvalue weighted by atomic mass is 9.93. The lowest BCUT2D eigenvalue weighted by Crippen LogP contribution is -2.32. The minimum atomic E-state index is 0.0206. The molecule has 2 nitrogen and oxygen atoms in total. The molecule has 0 aromatic rings. The van der Waals surface area contributed by atoms with Crippen molar-refractivity contribution in [2.75, 3.05) is 0 Å². The van der Waals surface area contributed by atoms with E-state index in [1.54, 1.807) is 0 Å². The van der Waals surface area contributed by atoms with E-state index >= 15 is 0 Å². The van der Waals surface area contributed by atoms with E-state index in [9.17, 15) is 4.79 Å². The van der Waals surface area contributed by atoms with Crippen molar-refractivity contribution in [2.24, 2.45) is 5.92 Å². The molecule has 292 valence electrons. The lowest BCUT2D eigenvalue weighted by molar-refractivity contribution is -0.157. The van der Waals surface area contributed by atoms with Gasteiger partial charge in [0.15, 0.2) is 0 Å². The summed E-state index contributed by atoms with van der Waals surface area (Å²) in [4.78, 5) is 12.0. The number of cyclic esters (lactones) is 1. The van der Waals surface area contributed by atoms with Crippen LogP contribution in [0.3, 0.4) is 0 Å². The number of carbonyl (C=O) groups is 1. The van der Waals surface area contributed by atoms with Gasteiger partial charge in [0.2, 0.25) is 0 Å². The van der Waals surface area contributed by atoms with E-state index in [2.05, 4.69) is 25.3 Å². The summed E-state index contributed by atoms with van der Waals surface area (Å²) in [5, 5.41) is 0. The first-order valence-corrected chi connectivity index (χ1v) is 22.9. The molecule has 2 heteroatoms. The zero-order chi connectivity index (χ0) is 35.8. The highest BCUT2D eigenvalue weighted by Crippen LogP contribution is 2.32. The van der Waals surface area contributed by atoms with Crippen LogP contribution in [0.4, 0.5) is 0 Å². The second kappa shape index (κ2) is 38.9. The maximum Gasteiger partial charge on any atom is 0.321 e. The van der Waals surface area contributed by atoms with Crippen molar-refractivity contribution in [3.05, 3.63) is 37.1 Å². The maximum absolute atomic E-state index is 12.0. The van der Waals surface area contributed by atoms with E-state index in [1.807, 2.05) is 6.08 Å². The molecule has 0 aliphatic carbocycles. The van der Waals surface area contributed by atoms with Gasteiger partial charge in [-0.15, -0.1) is 13.2 Å². The van der Waals surface area contributed by atoms with Gasteiger partial charge in [-0.1, -0.05) is 224 Å². The van der Waals surface area contributed by atoms with Crippen molar-refractivity contribution >= 4 is 5.97 Å². The second-order valence-electron chi connectivity index (χ2n) is 16.0.